The van der Waals surface area contributed by atoms with Gasteiger partial charge in [-0.05, 0) is 38.8 Å². The number of allylic oxidation sites excluding steroid dienone is 2. The molecule has 0 saturated carbocycles. The molecule has 0 fully saturated rings. The first kappa shape index (κ1) is 14.2. The number of carbonyl (C=O) groups is 2. The second-order valence-corrected chi connectivity index (χ2v) is 3.60. The lowest BCUT2D eigenvalue weighted by Crippen LogP contribution is -1.99. The molecule has 0 unspecified atom stereocenters. The van der Waals surface area contributed by atoms with Crippen molar-refractivity contribution in [1.82, 2.24) is 0 Å². The van der Waals surface area contributed by atoms with Gasteiger partial charge in [-0.25, -0.2) is 9.59 Å². The number of carbonyl (C=O) groups excluding carboxylic acids is 2. The first-order valence-corrected chi connectivity index (χ1v) is 4.78. The molecule has 0 rings (SSSR count). The topological polar surface area (TPSA) is 52.6 Å². The van der Waals surface area contributed by atoms with Gasteiger partial charge in [-0.3, -0.25) is 0 Å². The van der Waals surface area contributed by atoms with Gasteiger partial charge in [-0.1, -0.05) is 0 Å². The van der Waals surface area contributed by atoms with Crippen LogP contribution >= 0.6 is 0 Å². The molecule has 0 saturated heterocycles. The fourth-order valence-electron chi connectivity index (χ4n) is 0.567. The van der Waals surface area contributed by atoms with E-state index in [4.69, 9.17) is 0 Å². The molecule has 0 aliphatic heterocycles. The quantitative estimate of drug-likeness (QED) is 0.418. The minimum absolute atomic E-state index is 0.615. The molecule has 4 nitrogen and oxygen atoms in total. The van der Waals surface area contributed by atoms with E-state index < -0.39 is 11.9 Å². The van der Waals surface area contributed by atoms with Crippen LogP contribution in [0.5, 0.6) is 0 Å². The number of ether oxygens (including phenoxy) is 2. The zero-order valence-corrected chi connectivity index (χ0v) is 9.94. The van der Waals surface area contributed by atoms with Crippen LogP contribution in [0.4, 0.5) is 0 Å². The molecular weight excluding hydrogens is 208 g/mol. The summed E-state index contributed by atoms with van der Waals surface area (Å²) in [5.74, 6) is -1.23. The second kappa shape index (κ2) is 7.45. The summed E-state index contributed by atoms with van der Waals surface area (Å²) in [5.41, 5.74) is 1.71. The Kier molecular flexibility index (Phi) is 6.59. The van der Waals surface area contributed by atoms with Crippen molar-refractivity contribution < 1.29 is 19.1 Å². The summed E-state index contributed by atoms with van der Waals surface area (Å²) in [6.07, 6.45) is 4.66. The standard InChI is InChI=1S/C12H16O4/c1-9(2)7-15-11(13)5-6-12(14)16-8-10(3)4/h5-8H,1-4H3/b6-5-. The smallest absolute Gasteiger partial charge is 0.335 e. The summed E-state index contributed by atoms with van der Waals surface area (Å²) in [4.78, 5) is 22.0. The van der Waals surface area contributed by atoms with E-state index in [-0.39, 0.29) is 0 Å². The summed E-state index contributed by atoms with van der Waals surface area (Å²) in [7, 11) is 0. The van der Waals surface area contributed by atoms with Crippen molar-refractivity contribution in [2.75, 3.05) is 0 Å². The normalized spacial score (nSPS) is 9.50. The molecule has 0 aliphatic rings. The molecule has 0 aliphatic carbocycles. The fourth-order valence-corrected chi connectivity index (χ4v) is 0.567. The predicted molar refractivity (Wildman–Crippen MR) is 60.2 cm³/mol. The Morgan fingerprint density at radius 2 is 1.06 bits per heavy atom. The number of esters is 2. The van der Waals surface area contributed by atoms with Crippen molar-refractivity contribution in [2.45, 2.75) is 27.7 Å². The van der Waals surface area contributed by atoms with Gasteiger partial charge in [0.25, 0.3) is 0 Å². The Balaban J connectivity index is 4.08. The maximum Gasteiger partial charge on any atom is 0.335 e. The molecule has 4 heteroatoms. The van der Waals surface area contributed by atoms with Gasteiger partial charge in [0.15, 0.2) is 0 Å². The van der Waals surface area contributed by atoms with Crippen LogP contribution < -0.4 is 0 Å². The molecule has 0 aromatic heterocycles. The molecule has 0 heterocycles. The van der Waals surface area contributed by atoms with E-state index in [9.17, 15) is 9.59 Å². The molecule has 0 aromatic carbocycles. The second-order valence-electron chi connectivity index (χ2n) is 3.60. The lowest BCUT2D eigenvalue weighted by molar-refractivity contribution is -0.135. The monoisotopic (exact) mass is 224 g/mol. The van der Waals surface area contributed by atoms with E-state index in [2.05, 4.69) is 9.47 Å². The third kappa shape index (κ3) is 8.74. The molecule has 16 heavy (non-hydrogen) atoms. The SMILES string of the molecule is CC(C)=COC(=O)/C=C\C(=O)OC=C(C)C. The van der Waals surface area contributed by atoms with Gasteiger partial charge >= 0.3 is 11.9 Å². The minimum atomic E-state index is -0.615. The third-order valence-corrected chi connectivity index (χ3v) is 1.18. The highest BCUT2D eigenvalue weighted by molar-refractivity contribution is 5.92. The fraction of sp³-hybridized carbons (Fsp3) is 0.333. The highest BCUT2D eigenvalue weighted by Crippen LogP contribution is 1.93. The predicted octanol–water partition coefficient (Wildman–Crippen LogP) is 2.48. The zero-order chi connectivity index (χ0) is 12.6. The van der Waals surface area contributed by atoms with Crippen LogP contribution in [0.2, 0.25) is 0 Å². The molecule has 0 amide bonds. The lowest BCUT2D eigenvalue weighted by atomic mass is 10.4. The van der Waals surface area contributed by atoms with Gasteiger partial charge in [-0.2, -0.15) is 0 Å². The average Bonchev–Trinajstić information content (AvgIpc) is 2.20. The molecule has 0 bridgehead atoms. The van der Waals surface area contributed by atoms with Crippen LogP contribution in [-0.2, 0) is 19.1 Å². The first-order valence-electron chi connectivity index (χ1n) is 4.78. The van der Waals surface area contributed by atoms with Crippen LogP contribution in [0.25, 0.3) is 0 Å². The number of hydrogen-bond donors (Lipinski definition) is 0. The Morgan fingerprint density at radius 3 is 1.31 bits per heavy atom. The van der Waals surface area contributed by atoms with Crippen molar-refractivity contribution in [3.05, 3.63) is 35.8 Å². The molecule has 0 spiro atoms. The van der Waals surface area contributed by atoms with Crippen molar-refractivity contribution in [1.29, 1.82) is 0 Å². The molecule has 0 aromatic rings. The summed E-state index contributed by atoms with van der Waals surface area (Å²) in [6.45, 7) is 7.17. The van der Waals surface area contributed by atoms with E-state index >= 15 is 0 Å². The van der Waals surface area contributed by atoms with Crippen molar-refractivity contribution in [3.8, 4) is 0 Å². The van der Waals surface area contributed by atoms with Crippen LogP contribution in [0, 0.1) is 0 Å². The van der Waals surface area contributed by atoms with Crippen molar-refractivity contribution >= 4 is 11.9 Å². The summed E-state index contributed by atoms with van der Waals surface area (Å²) in [6, 6.07) is 0. The van der Waals surface area contributed by atoms with Gasteiger partial charge in [0.05, 0.1) is 12.5 Å². The average molecular weight is 224 g/mol. The van der Waals surface area contributed by atoms with Crippen molar-refractivity contribution in [3.63, 3.8) is 0 Å². The van der Waals surface area contributed by atoms with Crippen LogP contribution in [-0.4, -0.2) is 11.9 Å². The lowest BCUT2D eigenvalue weighted by Gasteiger charge is -1.95. The maximum atomic E-state index is 11.0. The van der Waals surface area contributed by atoms with Gasteiger partial charge in [-0.15, -0.1) is 0 Å². The summed E-state index contributed by atoms with van der Waals surface area (Å²) in [5, 5.41) is 0. The molecule has 0 radical (unpaired) electrons. The van der Waals surface area contributed by atoms with Gasteiger partial charge in [0.1, 0.15) is 0 Å². The Bertz CT molecular complexity index is 306. The van der Waals surface area contributed by atoms with Crippen molar-refractivity contribution in [2.24, 2.45) is 0 Å². The zero-order valence-electron chi connectivity index (χ0n) is 9.94. The highest BCUT2D eigenvalue weighted by Gasteiger charge is 1.98. The van der Waals surface area contributed by atoms with E-state index in [1.54, 1.807) is 27.7 Å². The molecule has 88 valence electrons. The number of hydrogen-bond acceptors (Lipinski definition) is 4. The Morgan fingerprint density at radius 1 is 0.750 bits per heavy atom. The van der Waals surface area contributed by atoms with E-state index in [1.165, 1.54) is 12.5 Å². The summed E-state index contributed by atoms with van der Waals surface area (Å²) < 4.78 is 9.34. The highest BCUT2D eigenvalue weighted by atomic mass is 16.5. The third-order valence-electron chi connectivity index (χ3n) is 1.18. The van der Waals surface area contributed by atoms with Crippen LogP contribution in [0.3, 0.4) is 0 Å². The maximum absolute atomic E-state index is 11.0. The van der Waals surface area contributed by atoms with E-state index in [1.807, 2.05) is 0 Å². The van der Waals surface area contributed by atoms with E-state index in [0.29, 0.717) is 0 Å². The summed E-state index contributed by atoms with van der Waals surface area (Å²) >= 11 is 0. The largest absolute Gasteiger partial charge is 0.431 e. The van der Waals surface area contributed by atoms with Crippen LogP contribution in [0.15, 0.2) is 35.8 Å². The molecule has 0 atom stereocenters. The first-order chi connectivity index (χ1) is 7.41. The van der Waals surface area contributed by atoms with E-state index in [0.717, 1.165) is 23.3 Å². The van der Waals surface area contributed by atoms with Gasteiger partial charge in [0, 0.05) is 12.2 Å². The molecular formula is C12H16O4. The van der Waals surface area contributed by atoms with Gasteiger partial charge in [0.2, 0.25) is 0 Å². The van der Waals surface area contributed by atoms with Gasteiger partial charge < -0.3 is 9.47 Å². The number of rotatable bonds is 4. The van der Waals surface area contributed by atoms with Crippen LogP contribution in [0.1, 0.15) is 27.7 Å². The Hall–Kier alpha value is -1.84. The molecule has 0 N–H and O–H groups in total. The Labute approximate surface area is 95.2 Å². The minimum Gasteiger partial charge on any atom is -0.431 e.